The molecule has 0 fully saturated rings. The van der Waals surface area contributed by atoms with Crippen molar-refractivity contribution in [2.24, 2.45) is 0 Å². The van der Waals surface area contributed by atoms with Gasteiger partial charge in [-0.05, 0) is 12.0 Å². The Bertz CT molecular complexity index is 236. The second kappa shape index (κ2) is 6.54. The monoisotopic (exact) mass is 196 g/mol. The first-order valence-corrected chi connectivity index (χ1v) is 4.73. The molecule has 0 heterocycles. The van der Waals surface area contributed by atoms with E-state index in [0.717, 1.165) is 5.56 Å². The number of hydrogen-bond donors (Lipinski definition) is 2. The molecule has 0 aliphatic rings. The SMILES string of the molecule is OCC[C@@H](O)COCc1ccccc1. The molecular formula is C11H16O3. The molecule has 1 aromatic carbocycles. The summed E-state index contributed by atoms with van der Waals surface area (Å²) in [6, 6.07) is 9.78. The van der Waals surface area contributed by atoms with E-state index < -0.39 is 6.10 Å². The molecule has 0 bridgehead atoms. The molecule has 1 aromatic rings. The van der Waals surface area contributed by atoms with Crippen LogP contribution in [0.25, 0.3) is 0 Å². The van der Waals surface area contributed by atoms with Gasteiger partial charge in [0, 0.05) is 6.61 Å². The van der Waals surface area contributed by atoms with Crippen molar-refractivity contribution in [3.05, 3.63) is 35.9 Å². The average molecular weight is 196 g/mol. The Hall–Kier alpha value is -0.900. The summed E-state index contributed by atoms with van der Waals surface area (Å²) in [4.78, 5) is 0. The summed E-state index contributed by atoms with van der Waals surface area (Å²) in [5, 5.41) is 17.8. The van der Waals surface area contributed by atoms with Crippen molar-refractivity contribution in [1.82, 2.24) is 0 Å². The van der Waals surface area contributed by atoms with Gasteiger partial charge in [-0.25, -0.2) is 0 Å². The van der Waals surface area contributed by atoms with Crippen LogP contribution >= 0.6 is 0 Å². The summed E-state index contributed by atoms with van der Waals surface area (Å²) in [7, 11) is 0. The van der Waals surface area contributed by atoms with Crippen molar-refractivity contribution >= 4 is 0 Å². The quantitative estimate of drug-likeness (QED) is 0.712. The van der Waals surface area contributed by atoms with Gasteiger partial charge in [0.1, 0.15) is 0 Å². The summed E-state index contributed by atoms with van der Waals surface area (Å²) in [6.45, 7) is 0.772. The third kappa shape index (κ3) is 4.37. The number of hydrogen-bond acceptors (Lipinski definition) is 3. The van der Waals surface area contributed by atoms with Crippen LogP contribution in [-0.2, 0) is 11.3 Å². The lowest BCUT2D eigenvalue weighted by Gasteiger charge is -2.09. The highest BCUT2D eigenvalue weighted by Gasteiger charge is 2.02. The lowest BCUT2D eigenvalue weighted by Crippen LogP contribution is -2.16. The van der Waals surface area contributed by atoms with Gasteiger partial charge in [-0.15, -0.1) is 0 Å². The molecule has 1 rings (SSSR count). The fourth-order valence-electron chi connectivity index (χ4n) is 1.12. The maximum atomic E-state index is 9.24. The maximum Gasteiger partial charge on any atom is 0.0795 e. The van der Waals surface area contributed by atoms with E-state index in [1.807, 2.05) is 30.3 Å². The summed E-state index contributed by atoms with van der Waals surface area (Å²) < 4.78 is 5.27. The lowest BCUT2D eigenvalue weighted by atomic mass is 10.2. The Kier molecular flexibility index (Phi) is 5.22. The molecule has 78 valence electrons. The second-order valence-electron chi connectivity index (χ2n) is 3.17. The molecule has 0 saturated heterocycles. The van der Waals surface area contributed by atoms with E-state index in [1.165, 1.54) is 0 Å². The zero-order valence-electron chi connectivity index (χ0n) is 8.10. The summed E-state index contributed by atoms with van der Waals surface area (Å²) in [5.74, 6) is 0. The molecule has 0 unspecified atom stereocenters. The Labute approximate surface area is 84.0 Å². The highest BCUT2D eigenvalue weighted by atomic mass is 16.5. The smallest absolute Gasteiger partial charge is 0.0795 e. The minimum absolute atomic E-state index is 0.00410. The van der Waals surface area contributed by atoms with Crippen molar-refractivity contribution in [2.75, 3.05) is 13.2 Å². The van der Waals surface area contributed by atoms with Gasteiger partial charge in [-0.2, -0.15) is 0 Å². The molecular weight excluding hydrogens is 180 g/mol. The predicted octanol–water partition coefficient (Wildman–Crippen LogP) is 0.946. The van der Waals surface area contributed by atoms with Gasteiger partial charge in [0.25, 0.3) is 0 Å². The Balaban J connectivity index is 2.16. The van der Waals surface area contributed by atoms with E-state index in [1.54, 1.807) is 0 Å². The van der Waals surface area contributed by atoms with Gasteiger partial charge in [0.05, 0.1) is 19.3 Å². The standard InChI is InChI=1S/C11H16O3/c12-7-6-11(13)9-14-8-10-4-2-1-3-5-10/h1-5,11-13H,6-9H2/t11-/m1/s1. The predicted molar refractivity (Wildman–Crippen MR) is 53.8 cm³/mol. The topological polar surface area (TPSA) is 49.7 Å². The molecule has 2 N–H and O–H groups in total. The van der Waals surface area contributed by atoms with Gasteiger partial charge < -0.3 is 14.9 Å². The molecule has 0 aliphatic heterocycles. The Morgan fingerprint density at radius 1 is 1.21 bits per heavy atom. The van der Waals surface area contributed by atoms with Gasteiger partial charge in [0.15, 0.2) is 0 Å². The van der Waals surface area contributed by atoms with Gasteiger partial charge >= 0.3 is 0 Å². The molecule has 1 atom stereocenters. The van der Waals surface area contributed by atoms with E-state index in [9.17, 15) is 5.11 Å². The summed E-state index contributed by atoms with van der Waals surface area (Å²) in [6.07, 6.45) is -0.196. The van der Waals surface area contributed by atoms with Gasteiger partial charge in [0.2, 0.25) is 0 Å². The van der Waals surface area contributed by atoms with Crippen molar-refractivity contribution in [3.8, 4) is 0 Å². The number of aliphatic hydroxyl groups is 2. The van der Waals surface area contributed by atoms with Crippen LogP contribution in [0.4, 0.5) is 0 Å². The van der Waals surface area contributed by atoms with Crippen LogP contribution in [-0.4, -0.2) is 29.5 Å². The highest BCUT2D eigenvalue weighted by molar-refractivity contribution is 5.13. The zero-order valence-corrected chi connectivity index (χ0v) is 8.10. The number of aliphatic hydroxyl groups excluding tert-OH is 2. The normalized spacial score (nSPS) is 12.7. The number of rotatable bonds is 6. The first-order chi connectivity index (χ1) is 6.83. The fraction of sp³-hybridized carbons (Fsp3) is 0.455. The maximum absolute atomic E-state index is 9.24. The highest BCUT2D eigenvalue weighted by Crippen LogP contribution is 2.01. The number of benzene rings is 1. The van der Waals surface area contributed by atoms with Crippen molar-refractivity contribution in [2.45, 2.75) is 19.1 Å². The Morgan fingerprint density at radius 3 is 2.57 bits per heavy atom. The van der Waals surface area contributed by atoms with Crippen LogP contribution < -0.4 is 0 Å². The molecule has 0 amide bonds. The second-order valence-corrected chi connectivity index (χ2v) is 3.17. The molecule has 14 heavy (non-hydrogen) atoms. The molecule has 0 saturated carbocycles. The van der Waals surface area contributed by atoms with Gasteiger partial charge in [-0.1, -0.05) is 30.3 Å². The minimum Gasteiger partial charge on any atom is -0.396 e. The summed E-state index contributed by atoms with van der Waals surface area (Å²) >= 11 is 0. The minimum atomic E-state index is -0.566. The molecule has 0 radical (unpaired) electrons. The van der Waals surface area contributed by atoms with Crippen LogP contribution in [0.5, 0.6) is 0 Å². The fourth-order valence-corrected chi connectivity index (χ4v) is 1.12. The summed E-state index contributed by atoms with van der Waals surface area (Å²) in [5.41, 5.74) is 1.09. The Morgan fingerprint density at radius 2 is 1.93 bits per heavy atom. The van der Waals surface area contributed by atoms with E-state index >= 15 is 0 Å². The largest absolute Gasteiger partial charge is 0.396 e. The zero-order chi connectivity index (χ0) is 10.2. The first kappa shape index (κ1) is 11.2. The van der Waals surface area contributed by atoms with E-state index in [4.69, 9.17) is 9.84 Å². The van der Waals surface area contributed by atoms with Crippen molar-refractivity contribution in [3.63, 3.8) is 0 Å². The van der Waals surface area contributed by atoms with Crippen LogP contribution in [0.2, 0.25) is 0 Å². The third-order valence-electron chi connectivity index (χ3n) is 1.88. The van der Waals surface area contributed by atoms with E-state index in [2.05, 4.69) is 0 Å². The van der Waals surface area contributed by atoms with Crippen LogP contribution in [0.15, 0.2) is 30.3 Å². The van der Waals surface area contributed by atoms with E-state index in [-0.39, 0.29) is 13.2 Å². The average Bonchev–Trinajstić information content (AvgIpc) is 2.20. The molecule has 0 aromatic heterocycles. The molecule has 0 spiro atoms. The molecule has 0 aliphatic carbocycles. The third-order valence-corrected chi connectivity index (χ3v) is 1.88. The van der Waals surface area contributed by atoms with E-state index in [0.29, 0.717) is 13.0 Å². The lowest BCUT2D eigenvalue weighted by molar-refractivity contribution is 0.0168. The van der Waals surface area contributed by atoms with Crippen molar-refractivity contribution in [1.29, 1.82) is 0 Å². The first-order valence-electron chi connectivity index (χ1n) is 4.73. The van der Waals surface area contributed by atoms with Crippen LogP contribution in [0.1, 0.15) is 12.0 Å². The van der Waals surface area contributed by atoms with Crippen LogP contribution in [0.3, 0.4) is 0 Å². The molecule has 3 nitrogen and oxygen atoms in total. The van der Waals surface area contributed by atoms with Gasteiger partial charge in [-0.3, -0.25) is 0 Å². The molecule has 3 heteroatoms. The number of ether oxygens (including phenoxy) is 1. The van der Waals surface area contributed by atoms with Crippen LogP contribution in [0, 0.1) is 0 Å². The van der Waals surface area contributed by atoms with Crippen molar-refractivity contribution < 1.29 is 14.9 Å².